The minimum atomic E-state index is -0.682. The Morgan fingerprint density at radius 1 is 1.25 bits per heavy atom. The van der Waals surface area contributed by atoms with Crippen LogP contribution in [-0.2, 0) is 9.53 Å². The van der Waals surface area contributed by atoms with Gasteiger partial charge in [-0.1, -0.05) is 12.1 Å². The monoisotopic (exact) mass is 384 g/mol. The number of rotatable bonds is 8. The van der Waals surface area contributed by atoms with Gasteiger partial charge in [-0.2, -0.15) is 0 Å². The average Bonchev–Trinajstić information content (AvgIpc) is 3.31. The zero-order chi connectivity index (χ0) is 20.3. The minimum Gasteiger partial charge on any atom is -0.503 e. The predicted molar refractivity (Wildman–Crippen MR) is 104 cm³/mol. The van der Waals surface area contributed by atoms with Crippen LogP contribution in [0.4, 0.5) is 5.69 Å². The van der Waals surface area contributed by atoms with Crippen LogP contribution in [-0.4, -0.2) is 56.1 Å². The van der Waals surface area contributed by atoms with Crippen molar-refractivity contribution in [2.75, 3.05) is 39.3 Å². The molecule has 1 unspecified atom stereocenters. The van der Waals surface area contributed by atoms with Gasteiger partial charge >= 0.3 is 0 Å². The lowest BCUT2D eigenvalue weighted by atomic mass is 9.95. The molecule has 0 saturated carbocycles. The number of aliphatic hydroxyl groups excluding tert-OH is 1. The number of hydrogen-bond donors (Lipinski definition) is 1. The van der Waals surface area contributed by atoms with Crippen LogP contribution < -0.4 is 4.90 Å². The molecule has 1 amide bonds. The van der Waals surface area contributed by atoms with E-state index >= 15 is 0 Å². The van der Waals surface area contributed by atoms with E-state index in [1.165, 1.54) is 17.2 Å². The molecule has 0 spiro atoms. The summed E-state index contributed by atoms with van der Waals surface area (Å²) in [6.07, 6.45) is 1.98. The van der Waals surface area contributed by atoms with Crippen molar-refractivity contribution in [1.82, 2.24) is 4.90 Å². The van der Waals surface area contributed by atoms with Gasteiger partial charge in [0.05, 0.1) is 17.9 Å². The molecule has 1 atom stereocenters. The Kier molecular flexibility index (Phi) is 5.84. The number of Topliss-reactive ketones (excluding diaryl/α,β-unsaturated/α-hetero) is 1. The van der Waals surface area contributed by atoms with Gasteiger partial charge in [0.1, 0.15) is 0 Å². The van der Waals surface area contributed by atoms with Crippen molar-refractivity contribution in [3.05, 3.63) is 65.3 Å². The first-order valence-electron chi connectivity index (χ1n) is 9.04. The summed E-state index contributed by atoms with van der Waals surface area (Å²) in [6.45, 7) is 0.823. The van der Waals surface area contributed by atoms with E-state index in [0.717, 1.165) is 11.3 Å². The van der Waals surface area contributed by atoms with Crippen molar-refractivity contribution in [2.45, 2.75) is 12.5 Å². The Hall–Kier alpha value is -3.06. The zero-order valence-corrected chi connectivity index (χ0v) is 16.2. The van der Waals surface area contributed by atoms with E-state index in [2.05, 4.69) is 0 Å². The lowest BCUT2D eigenvalue weighted by Gasteiger charge is -2.27. The third kappa shape index (κ3) is 3.66. The van der Waals surface area contributed by atoms with Crippen molar-refractivity contribution < 1.29 is 23.8 Å². The molecule has 0 aliphatic carbocycles. The van der Waals surface area contributed by atoms with Crippen LogP contribution in [0.5, 0.6) is 0 Å². The van der Waals surface area contributed by atoms with E-state index in [1.54, 1.807) is 13.2 Å². The molecular weight excluding hydrogens is 360 g/mol. The number of amides is 1. The van der Waals surface area contributed by atoms with Crippen molar-refractivity contribution >= 4 is 17.4 Å². The van der Waals surface area contributed by atoms with Gasteiger partial charge in [0.2, 0.25) is 5.78 Å². The number of carbonyl (C=O) groups excluding carboxylic acids is 2. The zero-order valence-electron chi connectivity index (χ0n) is 16.2. The summed E-state index contributed by atoms with van der Waals surface area (Å²) in [5, 5.41) is 10.5. The van der Waals surface area contributed by atoms with Crippen LogP contribution in [0.25, 0.3) is 0 Å². The van der Waals surface area contributed by atoms with Crippen LogP contribution in [0, 0.1) is 0 Å². The summed E-state index contributed by atoms with van der Waals surface area (Å²) in [6, 6.07) is 9.99. The SMILES string of the molecule is COCCCN1C(=O)C(O)=C(C(=O)c2ccco2)C1c1ccc(N(C)C)cc1. The summed E-state index contributed by atoms with van der Waals surface area (Å²) >= 11 is 0. The second-order valence-corrected chi connectivity index (χ2v) is 6.80. The maximum atomic E-state index is 13.0. The number of methoxy groups -OCH3 is 1. The van der Waals surface area contributed by atoms with Crippen molar-refractivity contribution in [1.29, 1.82) is 0 Å². The number of carbonyl (C=O) groups is 2. The average molecular weight is 384 g/mol. The molecule has 7 nitrogen and oxygen atoms in total. The molecule has 1 N–H and O–H groups in total. The predicted octanol–water partition coefficient (Wildman–Crippen LogP) is 2.96. The van der Waals surface area contributed by atoms with E-state index in [1.807, 2.05) is 43.3 Å². The lowest BCUT2D eigenvalue weighted by Crippen LogP contribution is -2.32. The Bertz CT molecular complexity index is 869. The van der Waals surface area contributed by atoms with Gasteiger partial charge in [-0.15, -0.1) is 0 Å². The third-order valence-electron chi connectivity index (χ3n) is 4.77. The molecular formula is C21H24N2O5. The first kappa shape index (κ1) is 19.7. The molecule has 2 heterocycles. The first-order valence-corrected chi connectivity index (χ1v) is 9.04. The fourth-order valence-corrected chi connectivity index (χ4v) is 3.34. The largest absolute Gasteiger partial charge is 0.503 e. The molecule has 3 rings (SSSR count). The second kappa shape index (κ2) is 8.31. The van der Waals surface area contributed by atoms with Gasteiger partial charge in [-0.05, 0) is 36.2 Å². The lowest BCUT2D eigenvalue weighted by molar-refractivity contribution is -0.129. The standard InChI is InChI=1S/C21H24N2O5/c1-22(2)15-9-7-14(8-10-15)18-17(19(24)16-6-4-13-28-16)20(25)21(26)23(18)11-5-12-27-3/h4,6-10,13,18,25H,5,11-12H2,1-3H3. The van der Waals surface area contributed by atoms with Gasteiger partial charge in [-0.3, -0.25) is 9.59 Å². The van der Waals surface area contributed by atoms with Crippen LogP contribution in [0.15, 0.2) is 58.4 Å². The van der Waals surface area contributed by atoms with Crippen molar-refractivity contribution in [2.24, 2.45) is 0 Å². The number of ether oxygens (including phenoxy) is 1. The normalized spacial score (nSPS) is 16.8. The maximum absolute atomic E-state index is 13.0. The highest BCUT2D eigenvalue weighted by molar-refractivity contribution is 6.15. The van der Waals surface area contributed by atoms with E-state index in [4.69, 9.17) is 9.15 Å². The summed E-state index contributed by atoms with van der Waals surface area (Å²) in [5.74, 6) is -1.50. The Labute approximate surface area is 163 Å². The number of hydrogen-bond acceptors (Lipinski definition) is 6. The number of anilines is 1. The van der Waals surface area contributed by atoms with Crippen LogP contribution >= 0.6 is 0 Å². The molecule has 1 aromatic heterocycles. The van der Waals surface area contributed by atoms with Gasteiger partial charge in [0, 0.05) is 40.0 Å². The summed E-state index contributed by atoms with van der Waals surface area (Å²) in [5.41, 5.74) is 1.77. The van der Waals surface area contributed by atoms with Crippen molar-refractivity contribution in [3.63, 3.8) is 0 Å². The van der Waals surface area contributed by atoms with Gasteiger partial charge in [-0.25, -0.2) is 0 Å². The highest BCUT2D eigenvalue weighted by atomic mass is 16.5. The quantitative estimate of drug-likeness (QED) is 0.557. The van der Waals surface area contributed by atoms with E-state index in [9.17, 15) is 14.7 Å². The summed E-state index contributed by atoms with van der Waals surface area (Å²) in [4.78, 5) is 29.2. The molecule has 148 valence electrons. The molecule has 7 heteroatoms. The topological polar surface area (TPSA) is 83.2 Å². The van der Waals surface area contributed by atoms with Gasteiger partial charge in [0.15, 0.2) is 11.5 Å². The molecule has 0 bridgehead atoms. The third-order valence-corrected chi connectivity index (χ3v) is 4.77. The van der Waals surface area contributed by atoms with Crippen LogP contribution in [0.2, 0.25) is 0 Å². The van der Waals surface area contributed by atoms with Crippen LogP contribution in [0.3, 0.4) is 0 Å². The van der Waals surface area contributed by atoms with Gasteiger partial charge in [0.25, 0.3) is 5.91 Å². The molecule has 2 aromatic rings. The minimum absolute atomic E-state index is 0.0370. The molecule has 0 fully saturated rings. The molecule has 0 saturated heterocycles. The Morgan fingerprint density at radius 3 is 2.54 bits per heavy atom. The summed E-state index contributed by atoms with van der Waals surface area (Å²) in [7, 11) is 5.45. The van der Waals surface area contributed by atoms with E-state index in [-0.39, 0.29) is 11.3 Å². The first-order chi connectivity index (χ1) is 13.5. The number of aliphatic hydroxyl groups is 1. The van der Waals surface area contributed by atoms with E-state index in [0.29, 0.717) is 19.6 Å². The highest BCUT2D eigenvalue weighted by Crippen LogP contribution is 2.39. The van der Waals surface area contributed by atoms with Crippen LogP contribution in [0.1, 0.15) is 28.6 Å². The maximum Gasteiger partial charge on any atom is 0.290 e. The number of nitrogens with zero attached hydrogens (tertiary/aromatic N) is 2. The fraction of sp³-hybridized carbons (Fsp3) is 0.333. The number of benzene rings is 1. The number of ketones is 1. The molecule has 28 heavy (non-hydrogen) atoms. The molecule has 0 radical (unpaired) electrons. The highest BCUT2D eigenvalue weighted by Gasteiger charge is 2.44. The smallest absolute Gasteiger partial charge is 0.290 e. The fourth-order valence-electron chi connectivity index (χ4n) is 3.34. The summed E-state index contributed by atoms with van der Waals surface area (Å²) < 4.78 is 10.3. The number of furan rings is 1. The molecule has 1 aromatic carbocycles. The Balaban J connectivity index is 2.01. The molecule has 1 aliphatic heterocycles. The molecule has 1 aliphatic rings. The Morgan fingerprint density at radius 2 is 1.96 bits per heavy atom. The van der Waals surface area contributed by atoms with Crippen molar-refractivity contribution in [3.8, 4) is 0 Å². The van der Waals surface area contributed by atoms with Gasteiger partial charge < -0.3 is 24.1 Å². The second-order valence-electron chi connectivity index (χ2n) is 6.80. The van der Waals surface area contributed by atoms with E-state index < -0.39 is 23.5 Å².